The Balaban J connectivity index is 2.09. The van der Waals surface area contributed by atoms with Crippen LogP contribution in [0.25, 0.3) is 22.5 Å². The molecule has 4 rings (SSSR count). The van der Waals surface area contributed by atoms with Crippen LogP contribution in [0.4, 0.5) is 0 Å². The van der Waals surface area contributed by atoms with E-state index < -0.39 is 0 Å². The van der Waals surface area contributed by atoms with Gasteiger partial charge in [-0.1, -0.05) is 36.4 Å². The predicted octanol–water partition coefficient (Wildman–Crippen LogP) is 3.40. The number of nitrogens with zero attached hydrogens (tertiary/aromatic N) is 2. The average Bonchev–Trinajstić information content (AvgIpc) is 2.98. The van der Waals surface area contributed by atoms with Crippen molar-refractivity contribution in [1.29, 1.82) is 0 Å². The molecule has 0 fully saturated rings. The van der Waals surface area contributed by atoms with Crippen molar-refractivity contribution in [2.45, 2.75) is 0 Å². The Morgan fingerprint density at radius 1 is 1.00 bits per heavy atom. The van der Waals surface area contributed by atoms with Gasteiger partial charge >= 0.3 is 0 Å². The normalized spacial score (nSPS) is 13.1. The number of hydrogen-bond donors (Lipinski definition) is 0. The first kappa shape index (κ1) is 8.76. The maximum atomic E-state index is 4.12. The maximum absolute atomic E-state index is 4.12. The highest BCUT2D eigenvalue weighted by Gasteiger charge is 2.16. The van der Waals surface area contributed by atoms with Gasteiger partial charge in [-0.3, -0.25) is 0 Å². The third kappa shape index (κ3) is 1.12. The van der Waals surface area contributed by atoms with Gasteiger partial charge in [-0.05, 0) is 22.4 Å². The lowest BCUT2D eigenvalue weighted by Gasteiger charge is -2.06. The van der Waals surface area contributed by atoms with Crippen LogP contribution < -0.4 is 0 Å². The fourth-order valence-electron chi connectivity index (χ4n) is 2.54. The molecule has 2 aromatic carbocycles. The zero-order chi connectivity index (χ0) is 11.2. The van der Waals surface area contributed by atoms with Crippen molar-refractivity contribution in [3.8, 4) is 0 Å². The van der Waals surface area contributed by atoms with Crippen LogP contribution in [0.2, 0.25) is 0 Å². The second kappa shape index (κ2) is 3.08. The molecular weight excluding hydrogens is 208 g/mol. The molecule has 0 spiro atoms. The van der Waals surface area contributed by atoms with Crippen molar-refractivity contribution < 1.29 is 0 Å². The van der Waals surface area contributed by atoms with Gasteiger partial charge in [0, 0.05) is 18.0 Å². The highest BCUT2D eigenvalue weighted by atomic mass is 15.0. The lowest BCUT2D eigenvalue weighted by Crippen LogP contribution is -1.92. The molecule has 1 aliphatic rings. The van der Waals surface area contributed by atoms with Crippen LogP contribution in [0.1, 0.15) is 11.1 Å². The molecule has 0 aliphatic heterocycles. The predicted molar refractivity (Wildman–Crippen MR) is 69.4 cm³/mol. The third-order valence-corrected chi connectivity index (χ3v) is 3.29. The van der Waals surface area contributed by atoms with Crippen LogP contribution in [0.5, 0.6) is 0 Å². The first-order chi connectivity index (χ1) is 8.43. The van der Waals surface area contributed by atoms with Gasteiger partial charge in [-0.15, -0.1) is 0 Å². The summed E-state index contributed by atoms with van der Waals surface area (Å²) in [4.78, 5) is 4.12. The smallest absolute Gasteiger partial charge is 0.0991 e. The minimum Gasteiger partial charge on any atom is -0.306 e. The molecule has 17 heavy (non-hydrogen) atoms. The molecule has 0 unspecified atom stereocenters. The fourth-order valence-corrected chi connectivity index (χ4v) is 2.54. The van der Waals surface area contributed by atoms with Gasteiger partial charge in [0.15, 0.2) is 0 Å². The van der Waals surface area contributed by atoms with E-state index in [4.69, 9.17) is 0 Å². The highest BCUT2D eigenvalue weighted by molar-refractivity contribution is 6.08. The van der Waals surface area contributed by atoms with Crippen molar-refractivity contribution in [1.82, 2.24) is 9.55 Å². The van der Waals surface area contributed by atoms with Crippen LogP contribution in [-0.4, -0.2) is 9.55 Å². The topological polar surface area (TPSA) is 17.8 Å². The molecule has 0 bridgehead atoms. The van der Waals surface area contributed by atoms with Crippen LogP contribution in [-0.2, 0) is 0 Å². The van der Waals surface area contributed by atoms with Crippen molar-refractivity contribution in [2.24, 2.45) is 0 Å². The quantitative estimate of drug-likeness (QED) is 0.479. The summed E-state index contributed by atoms with van der Waals surface area (Å²) in [5.41, 5.74) is 3.78. The minimum absolute atomic E-state index is 1.20. The Bertz CT molecular complexity index is 731. The number of imidazole rings is 1. The Labute approximate surface area is 98.8 Å². The van der Waals surface area contributed by atoms with Gasteiger partial charge in [-0.2, -0.15) is 0 Å². The standard InChI is InChI=1S/C15H10N2/c1-3-11-4-2-6-13-14(17-8-7-16-10-17)9-12(5-1)15(11)13/h1-10H. The van der Waals surface area contributed by atoms with Crippen LogP contribution in [0.3, 0.4) is 0 Å². The largest absolute Gasteiger partial charge is 0.306 e. The summed E-state index contributed by atoms with van der Waals surface area (Å²) in [5, 5.41) is 2.64. The summed E-state index contributed by atoms with van der Waals surface area (Å²) in [5.74, 6) is 0. The second-order valence-electron chi connectivity index (χ2n) is 4.25. The Morgan fingerprint density at radius 2 is 1.88 bits per heavy atom. The zero-order valence-corrected chi connectivity index (χ0v) is 9.17. The summed E-state index contributed by atoms with van der Waals surface area (Å²) >= 11 is 0. The van der Waals surface area contributed by atoms with E-state index in [2.05, 4.69) is 52.0 Å². The van der Waals surface area contributed by atoms with Crippen molar-refractivity contribution >= 4 is 22.5 Å². The SMILES string of the molecule is C1=C(n2ccnc2)c2cccc3cccc1c23. The maximum Gasteiger partial charge on any atom is 0.0991 e. The monoisotopic (exact) mass is 218 g/mol. The molecule has 1 aromatic heterocycles. The van der Waals surface area contributed by atoms with Crippen LogP contribution in [0.15, 0.2) is 55.1 Å². The molecule has 0 saturated heterocycles. The summed E-state index contributed by atoms with van der Waals surface area (Å²) in [6, 6.07) is 12.9. The van der Waals surface area contributed by atoms with Gasteiger partial charge in [0.2, 0.25) is 0 Å². The number of benzene rings is 2. The Morgan fingerprint density at radius 3 is 2.71 bits per heavy atom. The minimum atomic E-state index is 1.20. The lowest BCUT2D eigenvalue weighted by molar-refractivity contribution is 1.10. The van der Waals surface area contributed by atoms with Gasteiger partial charge in [-0.25, -0.2) is 4.98 Å². The molecular formula is C15H10N2. The van der Waals surface area contributed by atoms with Crippen molar-refractivity contribution in [2.75, 3.05) is 0 Å². The molecule has 80 valence electrons. The Kier molecular flexibility index (Phi) is 1.59. The molecule has 0 radical (unpaired) electrons. The first-order valence-corrected chi connectivity index (χ1v) is 5.66. The average molecular weight is 218 g/mol. The Hall–Kier alpha value is -2.35. The van der Waals surface area contributed by atoms with E-state index in [-0.39, 0.29) is 0 Å². The zero-order valence-electron chi connectivity index (χ0n) is 9.17. The van der Waals surface area contributed by atoms with Crippen molar-refractivity contribution in [3.63, 3.8) is 0 Å². The van der Waals surface area contributed by atoms with E-state index in [9.17, 15) is 0 Å². The molecule has 2 nitrogen and oxygen atoms in total. The molecule has 1 heterocycles. The summed E-state index contributed by atoms with van der Waals surface area (Å²) in [6.45, 7) is 0. The van der Waals surface area contributed by atoms with Crippen molar-refractivity contribution in [3.05, 3.63) is 66.2 Å². The lowest BCUT2D eigenvalue weighted by atomic mass is 10.0. The van der Waals surface area contributed by atoms with E-state index in [1.165, 1.54) is 27.6 Å². The molecule has 0 N–H and O–H groups in total. The van der Waals surface area contributed by atoms with E-state index in [1.807, 2.05) is 18.7 Å². The van der Waals surface area contributed by atoms with E-state index in [0.717, 1.165) is 0 Å². The van der Waals surface area contributed by atoms with E-state index in [0.29, 0.717) is 0 Å². The number of aromatic nitrogens is 2. The molecule has 2 heteroatoms. The van der Waals surface area contributed by atoms with Crippen LogP contribution in [0, 0.1) is 0 Å². The third-order valence-electron chi connectivity index (χ3n) is 3.29. The molecule has 3 aromatic rings. The molecule has 0 amide bonds. The summed E-state index contributed by atoms with van der Waals surface area (Å²) < 4.78 is 2.06. The fraction of sp³-hybridized carbons (Fsp3) is 0. The summed E-state index contributed by atoms with van der Waals surface area (Å²) in [6.07, 6.45) is 7.86. The van der Waals surface area contributed by atoms with Gasteiger partial charge in [0.05, 0.1) is 12.0 Å². The highest BCUT2D eigenvalue weighted by Crippen LogP contribution is 2.36. The van der Waals surface area contributed by atoms with Crippen LogP contribution >= 0.6 is 0 Å². The molecule has 0 atom stereocenters. The van der Waals surface area contributed by atoms with Gasteiger partial charge in [0.1, 0.15) is 0 Å². The second-order valence-corrected chi connectivity index (χ2v) is 4.25. The van der Waals surface area contributed by atoms with Gasteiger partial charge in [0.25, 0.3) is 0 Å². The summed E-state index contributed by atoms with van der Waals surface area (Å²) in [7, 11) is 0. The van der Waals surface area contributed by atoms with E-state index in [1.54, 1.807) is 0 Å². The van der Waals surface area contributed by atoms with Gasteiger partial charge < -0.3 is 4.57 Å². The first-order valence-electron chi connectivity index (χ1n) is 5.66. The molecule has 1 aliphatic carbocycles. The number of rotatable bonds is 1. The number of hydrogen-bond acceptors (Lipinski definition) is 1. The molecule has 0 saturated carbocycles. The van der Waals surface area contributed by atoms with E-state index >= 15 is 0 Å².